The van der Waals surface area contributed by atoms with E-state index in [0.717, 1.165) is 27.4 Å². The quantitative estimate of drug-likeness (QED) is 0.856. The van der Waals surface area contributed by atoms with E-state index < -0.39 is 0 Å². The molecule has 1 heterocycles. The molecule has 0 aliphatic carbocycles. The van der Waals surface area contributed by atoms with Crippen LogP contribution in [-0.4, -0.2) is 17.4 Å². The van der Waals surface area contributed by atoms with Crippen molar-refractivity contribution in [2.75, 3.05) is 11.9 Å². The number of hydrogen-bond acceptors (Lipinski definition) is 4. The number of nitrogens with zero attached hydrogens (tertiary/aromatic N) is 1. The minimum absolute atomic E-state index is 0.0419. The van der Waals surface area contributed by atoms with E-state index in [9.17, 15) is 4.79 Å². The Hall–Kier alpha value is -1.43. The number of aryl methyl sites for hydroxylation is 1. The summed E-state index contributed by atoms with van der Waals surface area (Å²) < 4.78 is 0. The Morgan fingerprint density at radius 3 is 3.00 bits per heavy atom. The highest BCUT2D eigenvalue weighted by Crippen LogP contribution is 2.24. The van der Waals surface area contributed by atoms with Gasteiger partial charge in [0, 0.05) is 28.9 Å². The third-order valence-electron chi connectivity index (χ3n) is 3.02. The topological polar surface area (TPSA) is 68.0 Å². The van der Waals surface area contributed by atoms with Crippen LogP contribution in [0.5, 0.6) is 0 Å². The van der Waals surface area contributed by atoms with Crippen LogP contribution in [0, 0.1) is 6.92 Å². The fourth-order valence-electron chi connectivity index (χ4n) is 1.84. The number of halogens is 1. The van der Waals surface area contributed by atoms with Crippen molar-refractivity contribution >= 4 is 34.0 Å². The first-order chi connectivity index (χ1) is 10.1. The second-order valence-corrected chi connectivity index (χ2v) is 6.35. The Balaban J connectivity index is 1.96. The van der Waals surface area contributed by atoms with Crippen molar-refractivity contribution in [3.63, 3.8) is 0 Å². The molecule has 4 nitrogen and oxygen atoms in total. The lowest BCUT2D eigenvalue weighted by molar-refractivity contribution is -0.116. The summed E-state index contributed by atoms with van der Waals surface area (Å²) in [5, 5.41) is 4.19. The van der Waals surface area contributed by atoms with Gasteiger partial charge in [-0.2, -0.15) is 0 Å². The predicted octanol–water partition coefficient (Wildman–Crippen LogP) is 3.37. The van der Waals surface area contributed by atoms with Gasteiger partial charge in [0.1, 0.15) is 0 Å². The van der Waals surface area contributed by atoms with Crippen LogP contribution in [-0.2, 0) is 11.2 Å². The number of hydrogen-bond donors (Lipinski definition) is 2. The second kappa shape index (κ2) is 7.54. The molecule has 6 heteroatoms. The van der Waals surface area contributed by atoms with Crippen LogP contribution < -0.4 is 11.1 Å². The van der Waals surface area contributed by atoms with Gasteiger partial charge < -0.3 is 11.1 Å². The zero-order valence-electron chi connectivity index (χ0n) is 11.9. The SMILES string of the molecule is Cc1ccc(Cc2cnc(NC(=O)CCCN)s2)cc1Cl. The van der Waals surface area contributed by atoms with Crippen LogP contribution in [0.2, 0.25) is 5.02 Å². The van der Waals surface area contributed by atoms with Gasteiger partial charge in [0.15, 0.2) is 5.13 Å². The maximum atomic E-state index is 11.6. The van der Waals surface area contributed by atoms with Gasteiger partial charge in [-0.15, -0.1) is 11.3 Å². The molecule has 2 rings (SSSR count). The molecule has 0 aliphatic rings. The van der Waals surface area contributed by atoms with Gasteiger partial charge in [-0.25, -0.2) is 4.98 Å². The smallest absolute Gasteiger partial charge is 0.226 e. The number of carbonyl (C=O) groups excluding carboxylic acids is 1. The van der Waals surface area contributed by atoms with Crippen molar-refractivity contribution in [1.29, 1.82) is 0 Å². The zero-order valence-corrected chi connectivity index (χ0v) is 13.4. The van der Waals surface area contributed by atoms with E-state index in [4.69, 9.17) is 17.3 Å². The Kier molecular flexibility index (Phi) is 5.73. The molecule has 1 amide bonds. The molecule has 2 aromatic rings. The van der Waals surface area contributed by atoms with Crippen molar-refractivity contribution < 1.29 is 4.79 Å². The first-order valence-electron chi connectivity index (χ1n) is 6.78. The minimum atomic E-state index is -0.0419. The van der Waals surface area contributed by atoms with Crippen LogP contribution in [0.3, 0.4) is 0 Å². The van der Waals surface area contributed by atoms with Gasteiger partial charge in [-0.3, -0.25) is 4.79 Å². The van der Waals surface area contributed by atoms with E-state index in [0.29, 0.717) is 24.5 Å². The van der Waals surface area contributed by atoms with E-state index in [-0.39, 0.29) is 5.91 Å². The van der Waals surface area contributed by atoms with E-state index >= 15 is 0 Å². The summed E-state index contributed by atoms with van der Waals surface area (Å²) in [6.07, 6.45) is 3.66. The second-order valence-electron chi connectivity index (χ2n) is 4.83. The first-order valence-corrected chi connectivity index (χ1v) is 7.97. The van der Waals surface area contributed by atoms with Gasteiger partial charge in [0.2, 0.25) is 5.91 Å². The first kappa shape index (κ1) is 15.9. The van der Waals surface area contributed by atoms with Gasteiger partial charge in [0.05, 0.1) is 0 Å². The van der Waals surface area contributed by atoms with Crippen molar-refractivity contribution in [2.45, 2.75) is 26.2 Å². The van der Waals surface area contributed by atoms with Crippen LogP contribution >= 0.6 is 22.9 Å². The van der Waals surface area contributed by atoms with Crippen LogP contribution in [0.15, 0.2) is 24.4 Å². The van der Waals surface area contributed by atoms with Crippen LogP contribution in [0.25, 0.3) is 0 Å². The standard InChI is InChI=1S/C15H18ClN3OS/c1-10-4-5-11(8-13(10)16)7-12-9-18-15(21-12)19-14(20)3-2-6-17/h4-5,8-9H,2-3,6-7,17H2,1H3,(H,18,19,20). The monoisotopic (exact) mass is 323 g/mol. The molecule has 0 aliphatic heterocycles. The molecule has 112 valence electrons. The summed E-state index contributed by atoms with van der Waals surface area (Å²) in [5.74, 6) is -0.0419. The number of anilines is 1. The molecule has 1 aromatic heterocycles. The van der Waals surface area contributed by atoms with Gasteiger partial charge in [0.25, 0.3) is 0 Å². The third kappa shape index (κ3) is 4.81. The summed E-state index contributed by atoms with van der Waals surface area (Å²) in [5.41, 5.74) is 7.58. The lowest BCUT2D eigenvalue weighted by Gasteiger charge is -2.02. The Labute approximate surface area is 133 Å². The molecule has 0 unspecified atom stereocenters. The average Bonchev–Trinajstić information content (AvgIpc) is 2.88. The molecular formula is C15H18ClN3OS. The van der Waals surface area contributed by atoms with E-state index in [2.05, 4.69) is 16.4 Å². The normalized spacial score (nSPS) is 10.6. The van der Waals surface area contributed by atoms with Crippen molar-refractivity contribution in [3.8, 4) is 0 Å². The summed E-state index contributed by atoms with van der Waals surface area (Å²) >= 11 is 7.61. The van der Waals surface area contributed by atoms with Gasteiger partial charge in [-0.05, 0) is 37.1 Å². The van der Waals surface area contributed by atoms with E-state index in [1.54, 1.807) is 6.20 Å². The summed E-state index contributed by atoms with van der Waals surface area (Å²) in [6, 6.07) is 6.03. The van der Waals surface area contributed by atoms with Crippen LogP contribution in [0.4, 0.5) is 5.13 Å². The van der Waals surface area contributed by atoms with Crippen molar-refractivity contribution in [1.82, 2.24) is 4.98 Å². The number of rotatable bonds is 6. The Morgan fingerprint density at radius 1 is 1.48 bits per heavy atom. The molecule has 0 saturated heterocycles. The molecule has 3 N–H and O–H groups in total. The molecular weight excluding hydrogens is 306 g/mol. The average molecular weight is 324 g/mol. The third-order valence-corrected chi connectivity index (χ3v) is 4.34. The summed E-state index contributed by atoms with van der Waals surface area (Å²) in [7, 11) is 0. The van der Waals surface area contributed by atoms with Gasteiger partial charge in [-0.1, -0.05) is 23.7 Å². The number of carbonyl (C=O) groups is 1. The number of amides is 1. The van der Waals surface area contributed by atoms with E-state index in [1.165, 1.54) is 11.3 Å². The summed E-state index contributed by atoms with van der Waals surface area (Å²) in [6.45, 7) is 2.50. The highest BCUT2D eigenvalue weighted by molar-refractivity contribution is 7.15. The maximum Gasteiger partial charge on any atom is 0.226 e. The number of thiazole rings is 1. The largest absolute Gasteiger partial charge is 0.330 e. The Morgan fingerprint density at radius 2 is 2.29 bits per heavy atom. The minimum Gasteiger partial charge on any atom is -0.330 e. The highest BCUT2D eigenvalue weighted by atomic mass is 35.5. The van der Waals surface area contributed by atoms with Gasteiger partial charge >= 0.3 is 0 Å². The molecule has 0 radical (unpaired) electrons. The lowest BCUT2D eigenvalue weighted by Crippen LogP contribution is -2.13. The highest BCUT2D eigenvalue weighted by Gasteiger charge is 2.07. The number of nitrogens with one attached hydrogen (secondary N) is 1. The molecule has 0 fully saturated rings. The molecule has 0 bridgehead atoms. The summed E-state index contributed by atoms with van der Waals surface area (Å²) in [4.78, 5) is 16.9. The maximum absolute atomic E-state index is 11.6. The lowest BCUT2D eigenvalue weighted by atomic mass is 10.1. The number of benzene rings is 1. The molecule has 0 spiro atoms. The van der Waals surface area contributed by atoms with Crippen molar-refractivity contribution in [3.05, 3.63) is 45.4 Å². The van der Waals surface area contributed by atoms with Crippen molar-refractivity contribution in [2.24, 2.45) is 5.73 Å². The Bertz CT molecular complexity index is 627. The number of nitrogens with two attached hydrogens (primary N) is 1. The molecule has 21 heavy (non-hydrogen) atoms. The fraction of sp³-hybridized carbons (Fsp3) is 0.333. The molecule has 0 saturated carbocycles. The molecule has 1 aromatic carbocycles. The number of aromatic nitrogens is 1. The van der Waals surface area contributed by atoms with Crippen LogP contribution in [0.1, 0.15) is 28.8 Å². The fourth-order valence-corrected chi connectivity index (χ4v) is 2.90. The zero-order chi connectivity index (χ0) is 15.2. The predicted molar refractivity (Wildman–Crippen MR) is 88.0 cm³/mol. The molecule has 0 atom stereocenters. The van der Waals surface area contributed by atoms with E-state index in [1.807, 2.05) is 19.1 Å².